The summed E-state index contributed by atoms with van der Waals surface area (Å²) in [7, 11) is 0. The zero-order valence-corrected chi connectivity index (χ0v) is 10.7. The summed E-state index contributed by atoms with van der Waals surface area (Å²) in [5.41, 5.74) is 1.92. The van der Waals surface area contributed by atoms with Crippen LogP contribution in [-0.4, -0.2) is 28.8 Å². The standard InChI is InChI=1S/C13H19N3O2/c1-9-15-12-4-5-14-7-11(12)13(17)16(9)8-10-3-2-6-18-10/h10,14H,2-8H2,1H3/t10-/m1/s1. The Bertz CT molecular complexity index is 504. The van der Waals surface area contributed by atoms with Gasteiger partial charge in [0, 0.05) is 26.1 Å². The molecule has 1 fully saturated rings. The van der Waals surface area contributed by atoms with Crippen molar-refractivity contribution in [3.8, 4) is 0 Å². The number of hydrogen-bond donors (Lipinski definition) is 1. The maximum atomic E-state index is 12.4. The number of fused-ring (bicyclic) bond motifs is 1. The highest BCUT2D eigenvalue weighted by molar-refractivity contribution is 5.21. The third-order valence-corrected chi connectivity index (χ3v) is 3.79. The molecule has 0 unspecified atom stereocenters. The highest BCUT2D eigenvalue weighted by atomic mass is 16.5. The van der Waals surface area contributed by atoms with Crippen molar-refractivity contribution in [2.24, 2.45) is 0 Å². The van der Waals surface area contributed by atoms with E-state index in [9.17, 15) is 4.79 Å². The molecule has 0 aliphatic carbocycles. The minimum atomic E-state index is 0.111. The van der Waals surface area contributed by atoms with E-state index in [-0.39, 0.29) is 11.7 Å². The van der Waals surface area contributed by atoms with E-state index >= 15 is 0 Å². The molecule has 0 spiro atoms. The first-order chi connectivity index (χ1) is 8.75. The zero-order valence-electron chi connectivity index (χ0n) is 10.7. The molecule has 0 amide bonds. The minimum Gasteiger partial charge on any atom is -0.376 e. The summed E-state index contributed by atoms with van der Waals surface area (Å²) in [5.74, 6) is 0.816. The summed E-state index contributed by atoms with van der Waals surface area (Å²) in [6.07, 6.45) is 3.17. The van der Waals surface area contributed by atoms with Crippen LogP contribution in [-0.2, 0) is 24.2 Å². The van der Waals surface area contributed by atoms with Crippen molar-refractivity contribution in [3.63, 3.8) is 0 Å². The lowest BCUT2D eigenvalue weighted by Crippen LogP contribution is -2.37. The minimum absolute atomic E-state index is 0.111. The third-order valence-electron chi connectivity index (χ3n) is 3.79. The molecule has 1 N–H and O–H groups in total. The first kappa shape index (κ1) is 11.9. The quantitative estimate of drug-likeness (QED) is 0.823. The Hall–Kier alpha value is -1.20. The molecular formula is C13H19N3O2. The maximum Gasteiger partial charge on any atom is 0.258 e. The molecule has 0 saturated carbocycles. The van der Waals surface area contributed by atoms with Gasteiger partial charge in [0.2, 0.25) is 0 Å². The van der Waals surface area contributed by atoms with Gasteiger partial charge in [-0.25, -0.2) is 4.98 Å². The van der Waals surface area contributed by atoms with Crippen molar-refractivity contribution in [1.29, 1.82) is 0 Å². The predicted molar refractivity (Wildman–Crippen MR) is 67.6 cm³/mol. The molecule has 1 aromatic heterocycles. The van der Waals surface area contributed by atoms with Gasteiger partial charge >= 0.3 is 0 Å². The molecule has 2 aliphatic rings. The number of aromatic nitrogens is 2. The molecule has 3 heterocycles. The maximum absolute atomic E-state index is 12.4. The van der Waals surface area contributed by atoms with Crippen molar-refractivity contribution in [2.75, 3.05) is 13.2 Å². The molecule has 1 saturated heterocycles. The SMILES string of the molecule is Cc1nc2c(c(=O)n1C[C@H]1CCCO1)CNCC2. The largest absolute Gasteiger partial charge is 0.376 e. The van der Waals surface area contributed by atoms with Gasteiger partial charge < -0.3 is 10.1 Å². The Balaban J connectivity index is 1.95. The van der Waals surface area contributed by atoms with Gasteiger partial charge in [0.05, 0.1) is 23.9 Å². The van der Waals surface area contributed by atoms with Crippen LogP contribution >= 0.6 is 0 Å². The molecule has 98 valence electrons. The molecule has 1 aromatic rings. The molecule has 0 bridgehead atoms. The molecule has 2 aliphatic heterocycles. The van der Waals surface area contributed by atoms with E-state index < -0.39 is 0 Å². The van der Waals surface area contributed by atoms with Gasteiger partial charge in [0.25, 0.3) is 5.56 Å². The van der Waals surface area contributed by atoms with E-state index in [0.717, 1.165) is 49.5 Å². The van der Waals surface area contributed by atoms with Gasteiger partial charge in [-0.2, -0.15) is 0 Å². The molecule has 0 radical (unpaired) electrons. The van der Waals surface area contributed by atoms with Crippen molar-refractivity contribution in [1.82, 2.24) is 14.9 Å². The number of aryl methyl sites for hydroxylation is 1. The Morgan fingerprint density at radius 3 is 3.22 bits per heavy atom. The summed E-state index contributed by atoms with van der Waals surface area (Å²) >= 11 is 0. The second-order valence-electron chi connectivity index (χ2n) is 5.06. The van der Waals surface area contributed by atoms with Crippen LogP contribution in [0, 0.1) is 6.92 Å². The van der Waals surface area contributed by atoms with E-state index in [1.54, 1.807) is 4.57 Å². The number of ether oxygens (including phenoxy) is 1. The Kier molecular flexibility index (Phi) is 3.18. The first-order valence-corrected chi connectivity index (χ1v) is 6.67. The lowest BCUT2D eigenvalue weighted by molar-refractivity contribution is 0.0951. The summed E-state index contributed by atoms with van der Waals surface area (Å²) < 4.78 is 7.39. The lowest BCUT2D eigenvalue weighted by atomic mass is 10.1. The Labute approximate surface area is 106 Å². The van der Waals surface area contributed by atoms with Crippen LogP contribution in [0.2, 0.25) is 0 Å². The Morgan fingerprint density at radius 2 is 2.44 bits per heavy atom. The van der Waals surface area contributed by atoms with Gasteiger partial charge in [0.1, 0.15) is 5.82 Å². The Morgan fingerprint density at radius 1 is 1.56 bits per heavy atom. The first-order valence-electron chi connectivity index (χ1n) is 6.67. The molecule has 3 rings (SSSR count). The average molecular weight is 249 g/mol. The number of nitrogens with zero attached hydrogens (tertiary/aromatic N) is 2. The summed E-state index contributed by atoms with van der Waals surface area (Å²) in [6.45, 7) is 4.93. The molecule has 18 heavy (non-hydrogen) atoms. The van der Waals surface area contributed by atoms with Crippen molar-refractivity contribution >= 4 is 0 Å². The molecule has 5 nitrogen and oxygen atoms in total. The average Bonchev–Trinajstić information content (AvgIpc) is 2.87. The highest BCUT2D eigenvalue weighted by Gasteiger charge is 2.21. The van der Waals surface area contributed by atoms with Crippen LogP contribution in [0.5, 0.6) is 0 Å². The van der Waals surface area contributed by atoms with Gasteiger partial charge in [-0.05, 0) is 19.8 Å². The normalized spacial score (nSPS) is 23.1. The number of rotatable bonds is 2. The molecule has 5 heteroatoms. The highest BCUT2D eigenvalue weighted by Crippen LogP contribution is 2.15. The van der Waals surface area contributed by atoms with Crippen molar-refractivity contribution < 1.29 is 4.74 Å². The molecule has 0 aromatic carbocycles. The van der Waals surface area contributed by atoms with Crippen molar-refractivity contribution in [2.45, 2.75) is 45.4 Å². The van der Waals surface area contributed by atoms with Crippen LogP contribution in [0.4, 0.5) is 0 Å². The molecular weight excluding hydrogens is 230 g/mol. The second kappa shape index (κ2) is 4.82. The van der Waals surface area contributed by atoms with E-state index in [0.29, 0.717) is 13.1 Å². The van der Waals surface area contributed by atoms with Gasteiger partial charge in [-0.3, -0.25) is 9.36 Å². The smallest absolute Gasteiger partial charge is 0.258 e. The fourth-order valence-corrected chi connectivity index (χ4v) is 2.77. The number of hydrogen-bond acceptors (Lipinski definition) is 4. The second-order valence-corrected chi connectivity index (χ2v) is 5.06. The van der Waals surface area contributed by atoms with E-state index in [1.165, 1.54) is 0 Å². The van der Waals surface area contributed by atoms with Gasteiger partial charge in [-0.1, -0.05) is 0 Å². The zero-order chi connectivity index (χ0) is 12.5. The van der Waals surface area contributed by atoms with Crippen LogP contribution in [0.1, 0.15) is 29.9 Å². The van der Waals surface area contributed by atoms with Crippen LogP contribution < -0.4 is 10.9 Å². The summed E-state index contributed by atoms with van der Waals surface area (Å²) in [4.78, 5) is 17.0. The number of nitrogens with one attached hydrogen (secondary N) is 1. The van der Waals surface area contributed by atoms with Crippen LogP contribution in [0.25, 0.3) is 0 Å². The van der Waals surface area contributed by atoms with Crippen molar-refractivity contribution in [3.05, 3.63) is 27.4 Å². The van der Waals surface area contributed by atoms with Crippen LogP contribution in [0.15, 0.2) is 4.79 Å². The summed E-state index contributed by atoms with van der Waals surface area (Å²) in [5, 5.41) is 3.24. The monoisotopic (exact) mass is 249 g/mol. The summed E-state index contributed by atoms with van der Waals surface area (Å²) in [6, 6.07) is 0. The third kappa shape index (κ3) is 2.08. The lowest BCUT2D eigenvalue weighted by Gasteiger charge is -2.20. The fourth-order valence-electron chi connectivity index (χ4n) is 2.77. The van der Waals surface area contributed by atoms with Gasteiger partial charge in [-0.15, -0.1) is 0 Å². The van der Waals surface area contributed by atoms with Crippen LogP contribution in [0.3, 0.4) is 0 Å². The fraction of sp³-hybridized carbons (Fsp3) is 0.692. The topological polar surface area (TPSA) is 56.2 Å². The molecule has 1 atom stereocenters. The van der Waals surface area contributed by atoms with E-state index in [4.69, 9.17) is 4.74 Å². The van der Waals surface area contributed by atoms with Gasteiger partial charge in [0.15, 0.2) is 0 Å². The predicted octanol–water partition coefficient (Wildman–Crippen LogP) is 0.376. The van der Waals surface area contributed by atoms with E-state index in [1.807, 2.05) is 6.92 Å². The van der Waals surface area contributed by atoms with E-state index in [2.05, 4.69) is 10.3 Å².